The molecule has 0 spiro atoms. The Hall–Kier alpha value is -2.94. The monoisotopic (exact) mass is 418 g/mol. The van der Waals surface area contributed by atoms with Gasteiger partial charge in [0.1, 0.15) is 12.2 Å². The average Bonchev–Trinajstić information content (AvgIpc) is 2.82. The van der Waals surface area contributed by atoms with Crippen LogP contribution in [-0.4, -0.2) is 5.11 Å². The van der Waals surface area contributed by atoms with E-state index in [-0.39, 0.29) is 18.0 Å². The highest BCUT2D eigenvalue weighted by Crippen LogP contribution is 2.42. The number of para-hydroxylation sites is 1. The maximum Gasteiger partial charge on any atom is 0.203 e. The van der Waals surface area contributed by atoms with Crippen LogP contribution in [0, 0.1) is 0 Å². The van der Waals surface area contributed by atoms with Crippen molar-refractivity contribution in [3.05, 3.63) is 90.0 Å². The van der Waals surface area contributed by atoms with Crippen molar-refractivity contribution in [3.63, 3.8) is 0 Å². The molecule has 3 aromatic carbocycles. The van der Waals surface area contributed by atoms with Gasteiger partial charge in [-0.3, -0.25) is 0 Å². The van der Waals surface area contributed by atoms with Gasteiger partial charge in [-0.05, 0) is 48.9 Å². The van der Waals surface area contributed by atoms with E-state index in [4.69, 9.17) is 9.47 Å². The van der Waals surface area contributed by atoms with E-state index < -0.39 is 0 Å². The molecule has 0 aliphatic carbocycles. The van der Waals surface area contributed by atoms with Crippen molar-refractivity contribution >= 4 is 0 Å². The lowest BCUT2D eigenvalue weighted by Gasteiger charge is -2.25. The molecular formula is C28H34O3. The van der Waals surface area contributed by atoms with Crippen LogP contribution in [0.1, 0.15) is 75.7 Å². The highest BCUT2D eigenvalue weighted by Gasteiger charge is 2.21. The molecular weight excluding hydrogens is 384 g/mol. The molecule has 0 aromatic heterocycles. The van der Waals surface area contributed by atoms with Crippen LogP contribution in [0.15, 0.2) is 78.9 Å². The second-order valence-electron chi connectivity index (χ2n) is 7.92. The summed E-state index contributed by atoms with van der Waals surface area (Å²) in [5.74, 6) is 1.12. The molecule has 0 radical (unpaired) electrons. The van der Waals surface area contributed by atoms with Crippen LogP contribution < -0.4 is 9.47 Å². The molecule has 1 N–H and O–H groups in total. The summed E-state index contributed by atoms with van der Waals surface area (Å²) in [7, 11) is 0. The van der Waals surface area contributed by atoms with Gasteiger partial charge in [0.05, 0.1) is 0 Å². The fourth-order valence-corrected chi connectivity index (χ4v) is 3.71. The molecule has 164 valence electrons. The second kappa shape index (κ2) is 12.0. The minimum absolute atomic E-state index is 0.0869. The molecule has 0 fully saturated rings. The first-order chi connectivity index (χ1) is 15.2. The second-order valence-corrected chi connectivity index (χ2v) is 7.92. The quantitative estimate of drug-likeness (QED) is 0.324. The minimum atomic E-state index is -0.136. The third-order valence-electron chi connectivity index (χ3n) is 5.47. The summed E-state index contributed by atoms with van der Waals surface area (Å²) >= 11 is 0. The van der Waals surface area contributed by atoms with Gasteiger partial charge in [0.25, 0.3) is 0 Å². The lowest BCUT2D eigenvalue weighted by molar-refractivity contribution is 0.149. The smallest absolute Gasteiger partial charge is 0.203 e. The summed E-state index contributed by atoms with van der Waals surface area (Å²) in [5.41, 5.74) is 2.24. The van der Waals surface area contributed by atoms with Crippen molar-refractivity contribution in [1.29, 1.82) is 0 Å². The van der Waals surface area contributed by atoms with Crippen LogP contribution in [0.5, 0.6) is 17.2 Å². The van der Waals surface area contributed by atoms with Gasteiger partial charge in [0, 0.05) is 0 Å². The van der Waals surface area contributed by atoms with Gasteiger partial charge in [-0.25, -0.2) is 0 Å². The molecule has 3 rings (SSSR count). The third-order valence-corrected chi connectivity index (χ3v) is 5.47. The van der Waals surface area contributed by atoms with E-state index in [1.54, 1.807) is 6.07 Å². The molecule has 3 aromatic rings. The number of phenolic OH excluding ortho intramolecular Hbond substituents is 1. The van der Waals surface area contributed by atoms with Gasteiger partial charge in [-0.1, -0.05) is 93.4 Å². The molecule has 0 saturated carbocycles. The topological polar surface area (TPSA) is 38.7 Å². The molecule has 2 unspecified atom stereocenters. The first-order valence-corrected chi connectivity index (χ1v) is 11.5. The fraction of sp³-hybridized carbons (Fsp3) is 0.357. The van der Waals surface area contributed by atoms with Gasteiger partial charge < -0.3 is 14.6 Å². The maximum atomic E-state index is 10.7. The molecule has 0 bridgehead atoms. The zero-order chi connectivity index (χ0) is 21.9. The number of aromatic hydroxyl groups is 1. The number of rotatable bonds is 12. The first-order valence-electron chi connectivity index (χ1n) is 11.5. The Morgan fingerprint density at radius 3 is 1.68 bits per heavy atom. The van der Waals surface area contributed by atoms with Crippen molar-refractivity contribution in [2.75, 3.05) is 0 Å². The van der Waals surface area contributed by atoms with Crippen LogP contribution in [0.2, 0.25) is 0 Å². The normalized spacial score (nSPS) is 12.8. The van der Waals surface area contributed by atoms with E-state index in [1.165, 1.54) is 0 Å². The first kappa shape index (κ1) is 22.7. The predicted octanol–water partition coefficient (Wildman–Crippen LogP) is 8.01. The summed E-state index contributed by atoms with van der Waals surface area (Å²) in [5, 5.41) is 10.7. The van der Waals surface area contributed by atoms with Crippen LogP contribution >= 0.6 is 0 Å². The molecule has 31 heavy (non-hydrogen) atoms. The molecule has 0 aliphatic heterocycles. The third kappa shape index (κ3) is 6.52. The molecule has 0 amide bonds. The van der Waals surface area contributed by atoms with Gasteiger partial charge in [-0.2, -0.15) is 0 Å². The summed E-state index contributed by atoms with van der Waals surface area (Å²) in [4.78, 5) is 0. The average molecular weight is 419 g/mol. The van der Waals surface area contributed by atoms with E-state index in [0.717, 1.165) is 49.7 Å². The van der Waals surface area contributed by atoms with E-state index in [1.807, 2.05) is 48.5 Å². The van der Waals surface area contributed by atoms with Crippen LogP contribution in [0.4, 0.5) is 0 Å². The van der Waals surface area contributed by atoms with Crippen molar-refractivity contribution in [3.8, 4) is 17.2 Å². The van der Waals surface area contributed by atoms with E-state index in [9.17, 15) is 5.11 Å². The SMILES string of the molecule is CCCCC(Oc1cccc(O)c1OC(CCCC)c1ccccc1)c1ccccc1. The highest BCUT2D eigenvalue weighted by molar-refractivity contribution is 5.51. The fourth-order valence-electron chi connectivity index (χ4n) is 3.71. The number of ether oxygens (including phenoxy) is 2. The number of unbranched alkanes of at least 4 members (excludes halogenated alkanes) is 2. The summed E-state index contributed by atoms with van der Waals surface area (Å²) in [6.07, 6.45) is 5.87. The Morgan fingerprint density at radius 2 is 1.16 bits per heavy atom. The van der Waals surface area contributed by atoms with Crippen LogP contribution in [0.3, 0.4) is 0 Å². The molecule has 2 atom stereocenters. The van der Waals surface area contributed by atoms with Crippen molar-refractivity contribution in [1.82, 2.24) is 0 Å². The molecule has 0 heterocycles. The molecule has 3 heteroatoms. The van der Waals surface area contributed by atoms with Gasteiger partial charge in [0.2, 0.25) is 5.75 Å². The Morgan fingerprint density at radius 1 is 0.645 bits per heavy atom. The zero-order valence-electron chi connectivity index (χ0n) is 18.7. The molecule has 0 saturated heterocycles. The van der Waals surface area contributed by atoms with Crippen molar-refractivity contribution in [2.45, 2.75) is 64.6 Å². The lowest BCUT2D eigenvalue weighted by Crippen LogP contribution is -2.11. The molecule has 3 nitrogen and oxygen atoms in total. The van der Waals surface area contributed by atoms with Crippen molar-refractivity contribution < 1.29 is 14.6 Å². The number of hydrogen-bond acceptors (Lipinski definition) is 3. The van der Waals surface area contributed by atoms with Crippen molar-refractivity contribution in [2.24, 2.45) is 0 Å². The van der Waals surface area contributed by atoms with Crippen LogP contribution in [-0.2, 0) is 0 Å². The number of benzene rings is 3. The predicted molar refractivity (Wildman–Crippen MR) is 127 cm³/mol. The highest BCUT2D eigenvalue weighted by atomic mass is 16.5. The summed E-state index contributed by atoms with van der Waals surface area (Å²) < 4.78 is 12.9. The van der Waals surface area contributed by atoms with E-state index in [0.29, 0.717) is 11.5 Å². The lowest BCUT2D eigenvalue weighted by atomic mass is 10.0. The van der Waals surface area contributed by atoms with Gasteiger partial charge in [0.15, 0.2) is 11.5 Å². The Kier molecular flexibility index (Phi) is 8.84. The van der Waals surface area contributed by atoms with Gasteiger partial charge >= 0.3 is 0 Å². The van der Waals surface area contributed by atoms with Crippen LogP contribution in [0.25, 0.3) is 0 Å². The Labute approximate surface area is 186 Å². The zero-order valence-corrected chi connectivity index (χ0v) is 18.7. The summed E-state index contributed by atoms with van der Waals surface area (Å²) in [6, 6.07) is 25.8. The van der Waals surface area contributed by atoms with E-state index >= 15 is 0 Å². The maximum absolute atomic E-state index is 10.7. The van der Waals surface area contributed by atoms with E-state index in [2.05, 4.69) is 38.1 Å². The number of hydrogen-bond donors (Lipinski definition) is 1. The minimum Gasteiger partial charge on any atom is -0.504 e. The summed E-state index contributed by atoms with van der Waals surface area (Å²) in [6.45, 7) is 4.36. The largest absolute Gasteiger partial charge is 0.504 e. The number of phenols is 1. The Balaban J connectivity index is 1.89. The molecule has 0 aliphatic rings. The standard InChI is InChI=1S/C28H34O3/c1-3-5-19-25(22-14-9-7-10-15-22)30-27-21-13-18-24(29)28(27)31-26(20-6-4-2)23-16-11-8-12-17-23/h7-18,21,25-26,29H,3-6,19-20H2,1-2H3. The van der Waals surface area contributed by atoms with Gasteiger partial charge in [-0.15, -0.1) is 0 Å². The Bertz CT molecular complexity index is 893.